The molecular weight excluding hydrogens is 344 g/mol. The van der Waals surface area contributed by atoms with Crippen molar-refractivity contribution < 1.29 is 19.0 Å². The first-order chi connectivity index (χ1) is 13.1. The molecule has 148 valence electrons. The maximum absolute atomic E-state index is 12.9. The number of carbonyl (C=O) groups excluding carboxylic acids is 1. The second-order valence-corrected chi connectivity index (χ2v) is 8.12. The van der Waals surface area contributed by atoms with Gasteiger partial charge in [-0.25, -0.2) is 0 Å². The summed E-state index contributed by atoms with van der Waals surface area (Å²) in [5, 5.41) is 3.38. The quantitative estimate of drug-likeness (QED) is 0.877. The van der Waals surface area contributed by atoms with Crippen LogP contribution in [0, 0.1) is 0 Å². The van der Waals surface area contributed by atoms with Crippen LogP contribution in [0.4, 0.5) is 0 Å². The third-order valence-electron chi connectivity index (χ3n) is 6.01. The van der Waals surface area contributed by atoms with E-state index in [4.69, 9.17) is 14.2 Å². The minimum absolute atomic E-state index is 0.0905. The van der Waals surface area contributed by atoms with Crippen LogP contribution in [0.1, 0.15) is 45.1 Å². The topological polar surface area (TPSA) is 60.0 Å². The van der Waals surface area contributed by atoms with Crippen LogP contribution in [-0.2, 0) is 15.1 Å². The molecule has 1 N–H and O–H groups in total. The molecule has 27 heavy (non-hydrogen) atoms. The zero-order chi connectivity index (χ0) is 18.9. The number of carbonyl (C=O) groups is 1. The van der Waals surface area contributed by atoms with Crippen molar-refractivity contribution in [1.82, 2.24) is 10.2 Å². The summed E-state index contributed by atoms with van der Waals surface area (Å²) in [4.78, 5) is 15.2. The molecule has 2 atom stereocenters. The van der Waals surface area contributed by atoms with Crippen molar-refractivity contribution in [3.8, 4) is 11.5 Å². The molecule has 1 aromatic carbocycles. The van der Waals surface area contributed by atoms with Gasteiger partial charge in [-0.2, -0.15) is 0 Å². The Hall–Kier alpha value is -1.79. The third kappa shape index (κ3) is 3.92. The molecule has 2 fully saturated rings. The van der Waals surface area contributed by atoms with Crippen LogP contribution in [0.3, 0.4) is 0 Å². The van der Waals surface area contributed by atoms with Crippen molar-refractivity contribution in [2.45, 2.75) is 57.2 Å². The van der Waals surface area contributed by atoms with Gasteiger partial charge in [0.15, 0.2) is 11.5 Å². The van der Waals surface area contributed by atoms with Gasteiger partial charge in [-0.1, -0.05) is 18.9 Å². The molecule has 1 saturated heterocycles. The predicted octanol–water partition coefficient (Wildman–Crippen LogP) is 2.45. The van der Waals surface area contributed by atoms with Gasteiger partial charge in [0.25, 0.3) is 0 Å². The molecule has 2 unspecified atom stereocenters. The van der Waals surface area contributed by atoms with Crippen molar-refractivity contribution in [2.75, 3.05) is 32.9 Å². The first-order valence-electron chi connectivity index (χ1n) is 10.1. The first kappa shape index (κ1) is 18.6. The van der Waals surface area contributed by atoms with Crippen LogP contribution in [0.15, 0.2) is 18.2 Å². The summed E-state index contributed by atoms with van der Waals surface area (Å²) in [6.45, 7) is 7.23. The fraction of sp³-hybridized carbons (Fsp3) is 0.667. The van der Waals surface area contributed by atoms with Gasteiger partial charge in [0.1, 0.15) is 13.2 Å². The van der Waals surface area contributed by atoms with Gasteiger partial charge in [-0.05, 0) is 44.4 Å². The SMILES string of the molecule is CC1CN(CC(=O)NC2(c3ccc4c(c3)OCCO4)CCCC2)C(C)CO1. The number of rotatable bonds is 4. The molecule has 1 aliphatic carbocycles. The molecule has 6 heteroatoms. The van der Waals surface area contributed by atoms with E-state index in [1.807, 2.05) is 6.07 Å². The minimum atomic E-state index is -0.298. The van der Waals surface area contributed by atoms with E-state index in [1.165, 1.54) is 0 Å². The lowest BCUT2D eigenvalue weighted by atomic mass is 9.87. The van der Waals surface area contributed by atoms with Crippen molar-refractivity contribution in [3.63, 3.8) is 0 Å². The van der Waals surface area contributed by atoms with E-state index in [9.17, 15) is 4.79 Å². The van der Waals surface area contributed by atoms with Crippen molar-refractivity contribution in [3.05, 3.63) is 23.8 Å². The summed E-state index contributed by atoms with van der Waals surface area (Å²) < 4.78 is 17.1. The normalized spacial score (nSPS) is 27.3. The van der Waals surface area contributed by atoms with Crippen molar-refractivity contribution >= 4 is 5.91 Å². The molecule has 1 saturated carbocycles. The van der Waals surface area contributed by atoms with E-state index in [0.29, 0.717) is 26.4 Å². The van der Waals surface area contributed by atoms with E-state index in [-0.39, 0.29) is 23.6 Å². The molecule has 1 aromatic rings. The van der Waals surface area contributed by atoms with E-state index in [2.05, 4.69) is 36.2 Å². The van der Waals surface area contributed by atoms with E-state index < -0.39 is 0 Å². The number of hydrogen-bond acceptors (Lipinski definition) is 5. The number of amides is 1. The zero-order valence-electron chi connectivity index (χ0n) is 16.3. The Labute approximate surface area is 161 Å². The van der Waals surface area contributed by atoms with Gasteiger partial charge in [-0.15, -0.1) is 0 Å². The summed E-state index contributed by atoms with van der Waals surface area (Å²) in [5.74, 6) is 1.67. The Kier molecular flexibility index (Phi) is 5.28. The van der Waals surface area contributed by atoms with Gasteiger partial charge in [0, 0.05) is 12.6 Å². The summed E-state index contributed by atoms with van der Waals surface area (Å²) in [7, 11) is 0. The molecule has 2 aliphatic heterocycles. The fourth-order valence-electron chi connectivity index (χ4n) is 4.49. The lowest BCUT2D eigenvalue weighted by Gasteiger charge is -2.38. The van der Waals surface area contributed by atoms with Gasteiger partial charge < -0.3 is 19.5 Å². The third-order valence-corrected chi connectivity index (χ3v) is 6.01. The average molecular weight is 374 g/mol. The van der Waals surface area contributed by atoms with Crippen molar-refractivity contribution in [2.24, 2.45) is 0 Å². The van der Waals surface area contributed by atoms with Crippen LogP contribution >= 0.6 is 0 Å². The second kappa shape index (κ2) is 7.68. The fourth-order valence-corrected chi connectivity index (χ4v) is 4.49. The molecule has 0 radical (unpaired) electrons. The molecule has 0 bridgehead atoms. The minimum Gasteiger partial charge on any atom is -0.486 e. The lowest BCUT2D eigenvalue weighted by molar-refractivity contribution is -0.128. The van der Waals surface area contributed by atoms with Gasteiger partial charge in [0.05, 0.1) is 24.8 Å². The highest BCUT2D eigenvalue weighted by atomic mass is 16.6. The maximum Gasteiger partial charge on any atom is 0.234 e. The average Bonchev–Trinajstić information content (AvgIpc) is 3.14. The molecule has 3 aliphatic rings. The van der Waals surface area contributed by atoms with Crippen molar-refractivity contribution in [1.29, 1.82) is 0 Å². The number of ether oxygens (including phenoxy) is 3. The van der Waals surface area contributed by atoms with Gasteiger partial charge in [0.2, 0.25) is 5.91 Å². The molecule has 2 heterocycles. The number of nitrogens with one attached hydrogen (secondary N) is 1. The first-order valence-corrected chi connectivity index (χ1v) is 10.1. The Morgan fingerprint density at radius 3 is 2.70 bits per heavy atom. The van der Waals surface area contributed by atoms with Crippen LogP contribution < -0.4 is 14.8 Å². The smallest absolute Gasteiger partial charge is 0.234 e. The second-order valence-electron chi connectivity index (χ2n) is 8.12. The molecule has 1 amide bonds. The number of benzene rings is 1. The standard InChI is InChI=1S/C21H30N2O4/c1-15-14-27-16(2)12-23(15)13-20(24)22-21(7-3-4-8-21)17-5-6-18-19(11-17)26-10-9-25-18/h5-6,11,15-16H,3-4,7-10,12-14H2,1-2H3,(H,22,24). The van der Waals surface area contributed by atoms with E-state index in [1.54, 1.807) is 0 Å². The van der Waals surface area contributed by atoms with E-state index in [0.717, 1.165) is 49.3 Å². The molecular formula is C21H30N2O4. The monoisotopic (exact) mass is 374 g/mol. The molecule has 4 rings (SSSR count). The van der Waals surface area contributed by atoms with Crippen LogP contribution in [0.5, 0.6) is 11.5 Å². The Balaban J connectivity index is 1.49. The molecule has 6 nitrogen and oxygen atoms in total. The number of morpholine rings is 1. The Bertz CT molecular complexity index is 687. The molecule has 0 spiro atoms. The number of fused-ring (bicyclic) bond motifs is 1. The highest BCUT2D eigenvalue weighted by Gasteiger charge is 2.38. The zero-order valence-corrected chi connectivity index (χ0v) is 16.3. The number of hydrogen-bond donors (Lipinski definition) is 1. The summed E-state index contributed by atoms with van der Waals surface area (Å²) in [5.41, 5.74) is 0.828. The largest absolute Gasteiger partial charge is 0.486 e. The Morgan fingerprint density at radius 2 is 1.93 bits per heavy atom. The predicted molar refractivity (Wildman–Crippen MR) is 102 cm³/mol. The van der Waals surface area contributed by atoms with Crippen LogP contribution in [0.25, 0.3) is 0 Å². The Morgan fingerprint density at radius 1 is 1.19 bits per heavy atom. The van der Waals surface area contributed by atoms with Crippen LogP contribution in [-0.4, -0.2) is 55.9 Å². The van der Waals surface area contributed by atoms with Gasteiger partial charge >= 0.3 is 0 Å². The number of nitrogens with zero attached hydrogens (tertiary/aromatic N) is 1. The highest BCUT2D eigenvalue weighted by molar-refractivity contribution is 5.79. The van der Waals surface area contributed by atoms with E-state index >= 15 is 0 Å². The lowest BCUT2D eigenvalue weighted by Crippen LogP contribution is -2.53. The van der Waals surface area contributed by atoms with Crippen LogP contribution in [0.2, 0.25) is 0 Å². The maximum atomic E-state index is 12.9. The summed E-state index contributed by atoms with van der Waals surface area (Å²) in [6.07, 6.45) is 4.35. The summed E-state index contributed by atoms with van der Waals surface area (Å²) in [6, 6.07) is 6.38. The highest BCUT2D eigenvalue weighted by Crippen LogP contribution is 2.42. The van der Waals surface area contributed by atoms with Gasteiger partial charge in [-0.3, -0.25) is 9.69 Å². The molecule has 0 aromatic heterocycles. The summed E-state index contributed by atoms with van der Waals surface area (Å²) >= 11 is 0.